The number of nitrogens with one attached hydrogen (secondary N) is 1. The Hall–Kier alpha value is -1.10. The minimum absolute atomic E-state index is 0.218. The average Bonchev–Trinajstić information content (AvgIpc) is 2.41. The molecule has 0 aliphatic heterocycles. The van der Waals surface area contributed by atoms with E-state index >= 15 is 0 Å². The van der Waals surface area contributed by atoms with E-state index in [1.54, 1.807) is 24.3 Å². The smallest absolute Gasteiger partial charge is 0.146 e. The minimum atomic E-state index is -0.306. The third-order valence-electron chi connectivity index (χ3n) is 2.77. The lowest BCUT2D eigenvalue weighted by Crippen LogP contribution is -2.21. The molecule has 0 saturated heterocycles. The second-order valence-corrected chi connectivity index (χ2v) is 5.37. The number of anilines is 1. The fraction of sp³-hybridized carbons (Fsp3) is 0.143. The van der Waals surface area contributed by atoms with Crippen molar-refractivity contribution >= 4 is 33.2 Å². The summed E-state index contributed by atoms with van der Waals surface area (Å²) in [4.78, 5) is 0. The molecule has 5 heteroatoms. The number of halogens is 3. The normalized spacial score (nSPS) is 12.2. The molecular formula is C14H13BrClFN2. The van der Waals surface area contributed by atoms with E-state index in [-0.39, 0.29) is 11.9 Å². The van der Waals surface area contributed by atoms with E-state index in [4.69, 9.17) is 17.3 Å². The molecule has 1 unspecified atom stereocenters. The third kappa shape index (κ3) is 3.47. The molecule has 2 rings (SSSR count). The topological polar surface area (TPSA) is 38.0 Å². The van der Waals surface area contributed by atoms with Crippen molar-refractivity contribution in [2.45, 2.75) is 6.04 Å². The van der Waals surface area contributed by atoms with Gasteiger partial charge in [0.25, 0.3) is 0 Å². The zero-order valence-electron chi connectivity index (χ0n) is 10.0. The summed E-state index contributed by atoms with van der Waals surface area (Å²) in [7, 11) is 0. The fourth-order valence-electron chi connectivity index (χ4n) is 1.81. The lowest BCUT2D eigenvalue weighted by molar-refractivity contribution is 0.625. The van der Waals surface area contributed by atoms with Crippen LogP contribution < -0.4 is 11.1 Å². The van der Waals surface area contributed by atoms with Crippen LogP contribution in [-0.4, -0.2) is 6.54 Å². The summed E-state index contributed by atoms with van der Waals surface area (Å²) >= 11 is 9.44. The number of hydrogen-bond acceptors (Lipinski definition) is 2. The van der Waals surface area contributed by atoms with Crippen LogP contribution in [-0.2, 0) is 0 Å². The van der Waals surface area contributed by atoms with Crippen molar-refractivity contribution in [2.24, 2.45) is 5.73 Å². The number of para-hydroxylation sites is 1. The van der Waals surface area contributed by atoms with Crippen LogP contribution in [0.1, 0.15) is 11.6 Å². The summed E-state index contributed by atoms with van der Waals surface area (Å²) in [5.41, 5.74) is 7.10. The fourth-order valence-corrected chi connectivity index (χ4v) is 2.51. The minimum Gasteiger partial charge on any atom is -0.375 e. The predicted octanol–water partition coefficient (Wildman–Crippen LogP) is 4.35. The van der Waals surface area contributed by atoms with Crippen molar-refractivity contribution in [3.63, 3.8) is 0 Å². The first-order chi connectivity index (χ1) is 9.11. The van der Waals surface area contributed by atoms with Crippen LogP contribution in [0.2, 0.25) is 5.02 Å². The maximum absolute atomic E-state index is 13.6. The number of rotatable bonds is 4. The van der Waals surface area contributed by atoms with Gasteiger partial charge in [0.15, 0.2) is 0 Å². The molecule has 0 spiro atoms. The lowest BCUT2D eigenvalue weighted by Gasteiger charge is -2.20. The Bertz CT molecular complexity index is 577. The van der Waals surface area contributed by atoms with Crippen LogP contribution in [0.5, 0.6) is 0 Å². The molecule has 2 nitrogen and oxygen atoms in total. The van der Waals surface area contributed by atoms with Crippen molar-refractivity contribution in [3.05, 3.63) is 63.3 Å². The van der Waals surface area contributed by atoms with Gasteiger partial charge in [-0.15, -0.1) is 0 Å². The maximum Gasteiger partial charge on any atom is 0.146 e. The van der Waals surface area contributed by atoms with Gasteiger partial charge >= 0.3 is 0 Å². The molecule has 0 fully saturated rings. The summed E-state index contributed by atoms with van der Waals surface area (Å²) in [6.07, 6.45) is 0. The third-order valence-corrected chi connectivity index (χ3v) is 3.73. The van der Waals surface area contributed by atoms with Gasteiger partial charge in [0.1, 0.15) is 5.82 Å². The second-order valence-electron chi connectivity index (χ2n) is 4.08. The van der Waals surface area contributed by atoms with Crippen LogP contribution in [0.15, 0.2) is 46.9 Å². The molecule has 0 aliphatic rings. The zero-order chi connectivity index (χ0) is 13.8. The second kappa shape index (κ2) is 6.37. The van der Waals surface area contributed by atoms with Crippen molar-refractivity contribution in [3.8, 4) is 0 Å². The molecule has 2 aromatic carbocycles. The van der Waals surface area contributed by atoms with Gasteiger partial charge in [-0.1, -0.05) is 39.7 Å². The Labute approximate surface area is 124 Å². The molecule has 0 amide bonds. The molecular weight excluding hydrogens is 331 g/mol. The SMILES string of the molecule is NCC(Nc1ccccc1F)c1cc(Cl)ccc1Br. The molecule has 100 valence electrons. The average molecular weight is 344 g/mol. The zero-order valence-corrected chi connectivity index (χ0v) is 12.4. The molecule has 0 aromatic heterocycles. The van der Waals surface area contributed by atoms with Crippen LogP contribution in [0.25, 0.3) is 0 Å². The van der Waals surface area contributed by atoms with Crippen LogP contribution in [0.3, 0.4) is 0 Å². The summed E-state index contributed by atoms with van der Waals surface area (Å²) in [6, 6.07) is 11.7. The summed E-state index contributed by atoms with van der Waals surface area (Å²) < 4.78 is 14.5. The van der Waals surface area contributed by atoms with Crippen LogP contribution >= 0.6 is 27.5 Å². The van der Waals surface area contributed by atoms with Crippen molar-refractivity contribution in [1.82, 2.24) is 0 Å². The first kappa shape index (κ1) is 14.3. The van der Waals surface area contributed by atoms with Gasteiger partial charge in [0.05, 0.1) is 11.7 Å². The largest absolute Gasteiger partial charge is 0.375 e. The van der Waals surface area contributed by atoms with Gasteiger partial charge in [-0.3, -0.25) is 0 Å². The van der Waals surface area contributed by atoms with E-state index in [0.29, 0.717) is 17.3 Å². The summed E-state index contributed by atoms with van der Waals surface area (Å²) in [5, 5.41) is 3.71. The van der Waals surface area contributed by atoms with Crippen molar-refractivity contribution in [1.29, 1.82) is 0 Å². The molecule has 0 bridgehead atoms. The van der Waals surface area contributed by atoms with Crippen LogP contribution in [0, 0.1) is 5.82 Å². The number of benzene rings is 2. The van der Waals surface area contributed by atoms with Crippen molar-refractivity contribution in [2.75, 3.05) is 11.9 Å². The number of hydrogen-bond donors (Lipinski definition) is 2. The monoisotopic (exact) mass is 342 g/mol. The Morgan fingerprint density at radius 3 is 2.68 bits per heavy atom. The first-order valence-electron chi connectivity index (χ1n) is 5.78. The van der Waals surface area contributed by atoms with Crippen LogP contribution in [0.4, 0.5) is 10.1 Å². The van der Waals surface area contributed by atoms with E-state index in [1.165, 1.54) is 6.07 Å². The van der Waals surface area contributed by atoms with E-state index in [9.17, 15) is 4.39 Å². The first-order valence-corrected chi connectivity index (χ1v) is 6.95. The van der Waals surface area contributed by atoms with Gasteiger partial charge in [-0.2, -0.15) is 0 Å². The molecule has 0 aliphatic carbocycles. The van der Waals surface area contributed by atoms with Gasteiger partial charge in [-0.25, -0.2) is 4.39 Å². The number of nitrogens with two attached hydrogens (primary N) is 1. The maximum atomic E-state index is 13.6. The van der Waals surface area contributed by atoms with Gasteiger partial charge in [0, 0.05) is 16.0 Å². The highest BCUT2D eigenvalue weighted by Crippen LogP contribution is 2.29. The quantitative estimate of drug-likeness (QED) is 0.866. The van der Waals surface area contributed by atoms with Gasteiger partial charge < -0.3 is 11.1 Å². The highest BCUT2D eigenvalue weighted by atomic mass is 79.9. The van der Waals surface area contributed by atoms with Gasteiger partial charge in [0.2, 0.25) is 0 Å². The summed E-state index contributed by atoms with van der Waals surface area (Å²) in [5.74, 6) is -0.306. The predicted molar refractivity (Wildman–Crippen MR) is 81.0 cm³/mol. The molecule has 3 N–H and O–H groups in total. The molecule has 2 aromatic rings. The lowest BCUT2D eigenvalue weighted by atomic mass is 10.1. The highest BCUT2D eigenvalue weighted by molar-refractivity contribution is 9.10. The molecule has 0 heterocycles. The van der Waals surface area contributed by atoms with E-state index in [0.717, 1.165) is 10.0 Å². The Kier molecular flexibility index (Phi) is 4.80. The molecule has 0 saturated carbocycles. The molecule has 1 atom stereocenters. The van der Waals surface area contributed by atoms with Crippen molar-refractivity contribution < 1.29 is 4.39 Å². The van der Waals surface area contributed by atoms with Gasteiger partial charge in [-0.05, 0) is 35.9 Å². The highest BCUT2D eigenvalue weighted by Gasteiger charge is 2.14. The Balaban J connectivity index is 2.30. The van der Waals surface area contributed by atoms with E-state index < -0.39 is 0 Å². The Morgan fingerprint density at radius 1 is 1.26 bits per heavy atom. The standard InChI is InChI=1S/C14H13BrClFN2/c15-11-6-5-9(16)7-10(11)14(8-18)19-13-4-2-1-3-12(13)17/h1-7,14,19H,8,18H2. The van der Waals surface area contributed by atoms with E-state index in [1.807, 2.05) is 12.1 Å². The summed E-state index contributed by atoms with van der Waals surface area (Å²) in [6.45, 7) is 0.327. The molecule has 0 radical (unpaired) electrons. The van der Waals surface area contributed by atoms with E-state index in [2.05, 4.69) is 21.2 Å². The Morgan fingerprint density at radius 2 is 2.00 bits per heavy atom. The molecule has 19 heavy (non-hydrogen) atoms.